The number of rotatable bonds is 4. The smallest absolute Gasteiger partial charge is 0.136 e. The minimum Gasteiger partial charge on any atom is -0.456 e. The van der Waals surface area contributed by atoms with Crippen molar-refractivity contribution in [3.63, 3.8) is 0 Å². The van der Waals surface area contributed by atoms with Gasteiger partial charge in [-0.2, -0.15) is 0 Å². The lowest BCUT2D eigenvalue weighted by molar-refractivity contribution is 0.669. The first-order chi connectivity index (χ1) is 25.8. The van der Waals surface area contributed by atoms with Gasteiger partial charge in [-0.05, 0) is 109 Å². The fourth-order valence-electron chi connectivity index (χ4n) is 8.32. The van der Waals surface area contributed by atoms with Gasteiger partial charge in [-0.1, -0.05) is 140 Å². The first-order valence-electron chi connectivity index (χ1n) is 17.8. The van der Waals surface area contributed by atoms with Gasteiger partial charge in [0, 0.05) is 21.5 Å². The molecule has 2 aromatic heterocycles. The van der Waals surface area contributed by atoms with Gasteiger partial charge in [-0.25, -0.2) is 0 Å². The number of hydrogen-bond donors (Lipinski definition) is 0. The molecule has 2 heterocycles. The Morgan fingerprint density at radius 3 is 1.54 bits per heavy atom. The van der Waals surface area contributed by atoms with E-state index in [9.17, 15) is 0 Å². The fraction of sp³-hybridized carbons (Fsp3) is 0. The molecule has 11 rings (SSSR count). The highest BCUT2D eigenvalue weighted by Gasteiger charge is 2.22. The van der Waals surface area contributed by atoms with Crippen LogP contribution in [0.15, 0.2) is 191 Å². The van der Waals surface area contributed by atoms with Crippen LogP contribution < -0.4 is 0 Å². The predicted molar refractivity (Wildman–Crippen MR) is 218 cm³/mol. The zero-order valence-electron chi connectivity index (χ0n) is 28.1. The molecule has 0 atom stereocenters. The maximum atomic E-state index is 6.70. The standard InChI is InChI=1S/C50H30O2/c1-3-13-31(14-4-1)33-23-25-39-42(28-33)48(32-15-5-2-6-16-32)37-18-7-8-19-38(37)49(39)43-29-35(30-47-50(43)40-20-10-12-22-45(40)52-47)34-24-26-46-41(27-34)36-17-9-11-21-44(36)51-46/h1-30H. The largest absolute Gasteiger partial charge is 0.456 e. The van der Waals surface area contributed by atoms with Crippen LogP contribution in [0.4, 0.5) is 0 Å². The van der Waals surface area contributed by atoms with E-state index in [4.69, 9.17) is 8.83 Å². The van der Waals surface area contributed by atoms with E-state index in [1.807, 2.05) is 18.2 Å². The Morgan fingerprint density at radius 2 is 0.769 bits per heavy atom. The zero-order valence-corrected chi connectivity index (χ0v) is 28.1. The molecule has 0 aliphatic rings. The van der Waals surface area contributed by atoms with Crippen LogP contribution in [0.2, 0.25) is 0 Å². The molecule has 0 saturated heterocycles. The Morgan fingerprint density at radius 1 is 0.250 bits per heavy atom. The molecule has 0 spiro atoms. The lowest BCUT2D eigenvalue weighted by Gasteiger charge is -2.20. The highest BCUT2D eigenvalue weighted by Crippen LogP contribution is 2.49. The van der Waals surface area contributed by atoms with Gasteiger partial charge in [0.1, 0.15) is 22.3 Å². The van der Waals surface area contributed by atoms with Gasteiger partial charge in [-0.15, -0.1) is 0 Å². The van der Waals surface area contributed by atoms with Crippen LogP contribution in [0.1, 0.15) is 0 Å². The van der Waals surface area contributed by atoms with Crippen LogP contribution in [0, 0.1) is 0 Å². The highest BCUT2D eigenvalue weighted by molar-refractivity contribution is 6.26. The van der Waals surface area contributed by atoms with Crippen LogP contribution in [-0.2, 0) is 0 Å². The van der Waals surface area contributed by atoms with E-state index in [-0.39, 0.29) is 0 Å². The van der Waals surface area contributed by atoms with Crippen molar-refractivity contribution in [3.05, 3.63) is 182 Å². The molecule has 52 heavy (non-hydrogen) atoms. The molecule has 0 fully saturated rings. The predicted octanol–water partition coefficient (Wildman–Crippen LogP) is 14.5. The summed E-state index contributed by atoms with van der Waals surface area (Å²) in [5, 5.41) is 9.32. The third-order valence-electron chi connectivity index (χ3n) is 10.7. The molecular weight excluding hydrogens is 633 g/mol. The van der Waals surface area contributed by atoms with Gasteiger partial charge in [0.15, 0.2) is 0 Å². The molecule has 0 aliphatic heterocycles. The first kappa shape index (κ1) is 28.9. The average molecular weight is 663 g/mol. The minimum atomic E-state index is 0.871. The summed E-state index contributed by atoms with van der Waals surface area (Å²) in [5.41, 5.74) is 13.0. The second-order valence-electron chi connectivity index (χ2n) is 13.6. The van der Waals surface area contributed by atoms with E-state index < -0.39 is 0 Å². The number of hydrogen-bond acceptors (Lipinski definition) is 2. The van der Waals surface area contributed by atoms with Gasteiger partial charge < -0.3 is 8.83 Å². The van der Waals surface area contributed by atoms with E-state index >= 15 is 0 Å². The van der Waals surface area contributed by atoms with Crippen molar-refractivity contribution >= 4 is 65.4 Å². The van der Waals surface area contributed by atoms with Gasteiger partial charge in [-0.3, -0.25) is 0 Å². The zero-order chi connectivity index (χ0) is 34.2. The molecule has 0 N–H and O–H groups in total. The molecule has 0 unspecified atom stereocenters. The second kappa shape index (κ2) is 11.3. The topological polar surface area (TPSA) is 26.3 Å². The lowest BCUT2D eigenvalue weighted by atomic mass is 9.83. The quantitative estimate of drug-likeness (QED) is 0.175. The Kier molecular flexibility index (Phi) is 6.28. The molecule has 11 aromatic rings. The van der Waals surface area contributed by atoms with Gasteiger partial charge in [0.25, 0.3) is 0 Å². The first-order valence-corrected chi connectivity index (χ1v) is 17.8. The van der Waals surface area contributed by atoms with Crippen LogP contribution >= 0.6 is 0 Å². The molecule has 242 valence electrons. The number of furan rings is 2. The van der Waals surface area contributed by atoms with Crippen molar-refractivity contribution in [1.29, 1.82) is 0 Å². The number of benzene rings is 9. The number of fused-ring (bicyclic) bond motifs is 8. The van der Waals surface area contributed by atoms with E-state index in [1.165, 1.54) is 49.4 Å². The van der Waals surface area contributed by atoms with Crippen molar-refractivity contribution in [1.82, 2.24) is 0 Å². The summed E-state index contributed by atoms with van der Waals surface area (Å²) in [6.07, 6.45) is 0. The van der Waals surface area contributed by atoms with Gasteiger partial charge >= 0.3 is 0 Å². The molecule has 0 saturated carbocycles. The summed E-state index contributed by atoms with van der Waals surface area (Å²) in [6, 6.07) is 65.2. The van der Waals surface area contributed by atoms with E-state index in [1.54, 1.807) is 0 Å². The summed E-state index contributed by atoms with van der Waals surface area (Å²) in [5.74, 6) is 0. The second-order valence-corrected chi connectivity index (χ2v) is 13.6. The average Bonchev–Trinajstić information content (AvgIpc) is 3.78. The molecule has 0 radical (unpaired) electrons. The van der Waals surface area contributed by atoms with E-state index in [0.717, 1.165) is 60.6 Å². The van der Waals surface area contributed by atoms with Crippen molar-refractivity contribution in [2.45, 2.75) is 0 Å². The van der Waals surface area contributed by atoms with E-state index in [0.29, 0.717) is 0 Å². The summed E-state index contributed by atoms with van der Waals surface area (Å²) < 4.78 is 12.9. The molecule has 2 nitrogen and oxygen atoms in total. The molecule has 0 amide bonds. The highest BCUT2D eigenvalue weighted by atomic mass is 16.3. The molecular formula is C50H30O2. The summed E-state index contributed by atoms with van der Waals surface area (Å²) in [4.78, 5) is 0. The fourth-order valence-corrected chi connectivity index (χ4v) is 8.32. The summed E-state index contributed by atoms with van der Waals surface area (Å²) in [6.45, 7) is 0. The van der Waals surface area contributed by atoms with Crippen LogP contribution in [-0.4, -0.2) is 0 Å². The monoisotopic (exact) mass is 662 g/mol. The summed E-state index contributed by atoms with van der Waals surface area (Å²) >= 11 is 0. The molecule has 2 heteroatoms. The minimum absolute atomic E-state index is 0.871. The lowest BCUT2D eigenvalue weighted by Crippen LogP contribution is -1.93. The number of para-hydroxylation sites is 2. The maximum absolute atomic E-state index is 6.70. The van der Waals surface area contributed by atoms with E-state index in [2.05, 4.69) is 164 Å². The molecule has 0 aliphatic carbocycles. The maximum Gasteiger partial charge on any atom is 0.136 e. The SMILES string of the molecule is c1ccc(-c2ccc3c(-c4cc(-c5ccc6oc7ccccc7c6c5)cc5oc6ccccc6c45)c4ccccc4c(-c4ccccc4)c3c2)cc1. The third kappa shape index (κ3) is 4.38. The van der Waals surface area contributed by atoms with Crippen molar-refractivity contribution in [2.24, 2.45) is 0 Å². The Bertz CT molecular complexity index is 3160. The Hall–Kier alpha value is -6.90. The molecule has 9 aromatic carbocycles. The normalized spacial score (nSPS) is 11.8. The Labute approximate surface area is 299 Å². The van der Waals surface area contributed by atoms with Crippen molar-refractivity contribution in [3.8, 4) is 44.5 Å². The van der Waals surface area contributed by atoms with Crippen molar-refractivity contribution in [2.75, 3.05) is 0 Å². The van der Waals surface area contributed by atoms with Crippen LogP contribution in [0.5, 0.6) is 0 Å². The van der Waals surface area contributed by atoms with Crippen LogP contribution in [0.3, 0.4) is 0 Å². The molecule has 0 bridgehead atoms. The van der Waals surface area contributed by atoms with Gasteiger partial charge in [0.05, 0.1) is 0 Å². The summed E-state index contributed by atoms with van der Waals surface area (Å²) in [7, 11) is 0. The Balaban J connectivity index is 1.28. The third-order valence-corrected chi connectivity index (χ3v) is 10.7. The van der Waals surface area contributed by atoms with Gasteiger partial charge in [0.2, 0.25) is 0 Å². The van der Waals surface area contributed by atoms with Crippen LogP contribution in [0.25, 0.3) is 110 Å². The van der Waals surface area contributed by atoms with Crippen molar-refractivity contribution < 1.29 is 8.83 Å².